The zero-order chi connectivity index (χ0) is 25.1. The molecule has 0 radical (unpaired) electrons. The van der Waals surface area contributed by atoms with Crippen LogP contribution in [0, 0.1) is 0 Å². The minimum atomic E-state index is -3.66. The Hall–Kier alpha value is -3.11. The lowest BCUT2D eigenvalue weighted by atomic mass is 10.2. The summed E-state index contributed by atoms with van der Waals surface area (Å²) in [6.07, 6.45) is 1.95. The molecule has 2 aromatic rings. The van der Waals surface area contributed by atoms with E-state index in [1.54, 1.807) is 50.2 Å². The van der Waals surface area contributed by atoms with Gasteiger partial charge in [-0.3, -0.25) is 4.79 Å². The van der Waals surface area contributed by atoms with Gasteiger partial charge in [0, 0.05) is 19.6 Å². The summed E-state index contributed by atoms with van der Waals surface area (Å²) in [6.45, 7) is 6.96. The Morgan fingerprint density at radius 1 is 0.941 bits per heavy atom. The number of benzene rings is 2. The number of carbonyl (C=O) groups is 2. The lowest BCUT2D eigenvalue weighted by Gasteiger charge is -2.20. The number of ether oxygens (including phenoxy) is 1. The molecular weight excluding hydrogens is 456 g/mol. The van der Waals surface area contributed by atoms with Crippen molar-refractivity contribution >= 4 is 39.0 Å². The number of hydrogen-bond acceptors (Lipinski definition) is 7. The summed E-state index contributed by atoms with van der Waals surface area (Å²) in [6, 6.07) is 11.4. The van der Waals surface area contributed by atoms with Gasteiger partial charge in [-0.1, -0.05) is 39.3 Å². The quantitative estimate of drug-likeness (QED) is 0.289. The van der Waals surface area contributed by atoms with Gasteiger partial charge in [0.25, 0.3) is 0 Å². The first-order chi connectivity index (χ1) is 16.3. The normalized spacial score (nSPS) is 11.2. The summed E-state index contributed by atoms with van der Waals surface area (Å²) in [5.74, 6) is -0.951. The van der Waals surface area contributed by atoms with Gasteiger partial charge in [-0.25, -0.2) is 13.2 Å². The van der Waals surface area contributed by atoms with E-state index in [2.05, 4.69) is 22.9 Å². The van der Waals surface area contributed by atoms with Gasteiger partial charge in [0.15, 0.2) is 0 Å². The van der Waals surface area contributed by atoms with Crippen molar-refractivity contribution in [3.05, 3.63) is 48.0 Å². The molecule has 0 aliphatic rings. The molecule has 0 atom stereocenters. The van der Waals surface area contributed by atoms with Gasteiger partial charge >= 0.3 is 5.97 Å². The Balaban J connectivity index is 2.25. The minimum Gasteiger partial charge on any atom is -0.465 e. The van der Waals surface area contributed by atoms with Crippen molar-refractivity contribution in [2.24, 2.45) is 0 Å². The molecule has 3 N–H and O–H groups in total. The van der Waals surface area contributed by atoms with Crippen molar-refractivity contribution in [1.82, 2.24) is 4.31 Å². The van der Waals surface area contributed by atoms with Crippen molar-refractivity contribution in [3.8, 4) is 0 Å². The molecule has 34 heavy (non-hydrogen) atoms. The van der Waals surface area contributed by atoms with Crippen molar-refractivity contribution in [2.45, 2.75) is 38.5 Å². The van der Waals surface area contributed by atoms with Crippen LogP contribution < -0.4 is 16.0 Å². The van der Waals surface area contributed by atoms with Crippen LogP contribution in [-0.2, 0) is 19.6 Å². The van der Waals surface area contributed by atoms with Gasteiger partial charge < -0.3 is 20.7 Å². The van der Waals surface area contributed by atoms with Crippen molar-refractivity contribution in [2.75, 3.05) is 49.2 Å². The number of nitrogens with one attached hydrogen (secondary N) is 3. The molecule has 0 aromatic heterocycles. The molecule has 0 saturated heterocycles. The Morgan fingerprint density at radius 2 is 1.65 bits per heavy atom. The number of carbonyl (C=O) groups excluding carboxylic acids is 2. The Labute approximate surface area is 201 Å². The number of esters is 1. The average molecular weight is 491 g/mol. The number of para-hydroxylation sites is 1. The van der Waals surface area contributed by atoms with E-state index < -0.39 is 21.9 Å². The Bertz CT molecular complexity index is 1080. The third-order valence-corrected chi connectivity index (χ3v) is 7.27. The van der Waals surface area contributed by atoms with Gasteiger partial charge in [-0.2, -0.15) is 4.31 Å². The molecule has 0 unspecified atom stereocenters. The van der Waals surface area contributed by atoms with E-state index >= 15 is 0 Å². The van der Waals surface area contributed by atoms with Crippen LogP contribution in [0.4, 0.5) is 17.1 Å². The van der Waals surface area contributed by atoms with Crippen LogP contribution in [0.15, 0.2) is 47.4 Å². The number of anilines is 3. The lowest BCUT2D eigenvalue weighted by Crippen LogP contribution is -2.30. The van der Waals surface area contributed by atoms with Crippen LogP contribution in [0.3, 0.4) is 0 Å². The van der Waals surface area contributed by atoms with Crippen molar-refractivity contribution in [1.29, 1.82) is 0 Å². The minimum absolute atomic E-state index is 0.132. The largest absolute Gasteiger partial charge is 0.465 e. The number of amides is 1. The molecule has 0 fully saturated rings. The molecule has 0 bridgehead atoms. The van der Waals surface area contributed by atoms with E-state index in [4.69, 9.17) is 4.74 Å². The van der Waals surface area contributed by atoms with Gasteiger partial charge in [-0.15, -0.1) is 0 Å². The number of hydrogen-bond donors (Lipinski definition) is 3. The fourth-order valence-electron chi connectivity index (χ4n) is 3.35. The van der Waals surface area contributed by atoms with Crippen LogP contribution in [0.2, 0.25) is 0 Å². The number of methoxy groups -OCH3 is 1. The fraction of sp³-hybridized carbons (Fsp3) is 0.417. The van der Waals surface area contributed by atoms with Crippen LogP contribution in [0.5, 0.6) is 0 Å². The van der Waals surface area contributed by atoms with Gasteiger partial charge in [0.1, 0.15) is 0 Å². The molecule has 2 aromatic carbocycles. The van der Waals surface area contributed by atoms with Crippen LogP contribution in [0.1, 0.15) is 44.0 Å². The van der Waals surface area contributed by atoms with Crippen LogP contribution in [0.25, 0.3) is 0 Å². The Morgan fingerprint density at radius 3 is 2.29 bits per heavy atom. The number of rotatable bonds is 13. The highest BCUT2D eigenvalue weighted by molar-refractivity contribution is 7.89. The smallest absolute Gasteiger partial charge is 0.339 e. The summed E-state index contributed by atoms with van der Waals surface area (Å²) in [5, 5.41) is 9.03. The number of nitrogens with zero attached hydrogens (tertiary/aromatic N) is 1. The second-order valence-electron chi connectivity index (χ2n) is 7.52. The lowest BCUT2D eigenvalue weighted by molar-refractivity contribution is -0.114. The molecule has 0 aliphatic heterocycles. The summed E-state index contributed by atoms with van der Waals surface area (Å²) in [5.41, 5.74) is 1.78. The molecule has 0 heterocycles. The van der Waals surface area contributed by atoms with E-state index in [0.29, 0.717) is 36.7 Å². The Kier molecular flexibility index (Phi) is 10.3. The van der Waals surface area contributed by atoms with E-state index in [-0.39, 0.29) is 17.0 Å². The third-order valence-electron chi connectivity index (χ3n) is 5.23. The van der Waals surface area contributed by atoms with E-state index in [1.165, 1.54) is 17.5 Å². The maximum Gasteiger partial charge on any atom is 0.339 e. The standard InChI is InChI=1S/C24H34N4O5S/c1-5-8-15-25-21-14-13-18(34(31,32)28(6-2)7-3)16-22(21)26-17-23(29)27-20-12-10-9-11-19(20)24(30)33-4/h9-14,16,25-26H,5-8,15,17H2,1-4H3,(H,27,29). The topological polar surface area (TPSA) is 117 Å². The van der Waals surface area contributed by atoms with Crippen molar-refractivity contribution < 1.29 is 22.7 Å². The van der Waals surface area contributed by atoms with Gasteiger partial charge in [0.2, 0.25) is 15.9 Å². The highest BCUT2D eigenvalue weighted by Gasteiger charge is 2.23. The molecule has 0 spiro atoms. The van der Waals surface area contributed by atoms with Crippen molar-refractivity contribution in [3.63, 3.8) is 0 Å². The monoisotopic (exact) mass is 490 g/mol. The maximum absolute atomic E-state index is 13.0. The van der Waals surface area contributed by atoms with E-state index in [1.807, 2.05) is 0 Å². The summed E-state index contributed by atoms with van der Waals surface area (Å²) in [4.78, 5) is 24.7. The molecule has 0 saturated carbocycles. The summed E-state index contributed by atoms with van der Waals surface area (Å²) in [7, 11) is -2.38. The highest BCUT2D eigenvalue weighted by Crippen LogP contribution is 2.27. The summed E-state index contributed by atoms with van der Waals surface area (Å²) < 4.78 is 32.1. The highest BCUT2D eigenvalue weighted by atomic mass is 32.2. The average Bonchev–Trinajstić information content (AvgIpc) is 2.83. The van der Waals surface area contributed by atoms with E-state index in [0.717, 1.165) is 12.8 Å². The van der Waals surface area contributed by atoms with Crippen LogP contribution in [-0.4, -0.2) is 57.9 Å². The maximum atomic E-state index is 13.0. The molecule has 10 heteroatoms. The first-order valence-electron chi connectivity index (χ1n) is 11.4. The zero-order valence-electron chi connectivity index (χ0n) is 20.2. The zero-order valence-corrected chi connectivity index (χ0v) is 21.0. The van der Waals surface area contributed by atoms with Crippen LogP contribution >= 0.6 is 0 Å². The number of sulfonamides is 1. The molecule has 2 rings (SSSR count). The fourth-order valence-corrected chi connectivity index (χ4v) is 4.83. The first-order valence-corrected chi connectivity index (χ1v) is 12.8. The second-order valence-corrected chi connectivity index (χ2v) is 9.45. The predicted molar refractivity (Wildman–Crippen MR) is 135 cm³/mol. The number of unbranched alkanes of at least 4 members (excludes halogenated alkanes) is 1. The third kappa shape index (κ3) is 6.94. The van der Waals surface area contributed by atoms with Gasteiger partial charge in [-0.05, 0) is 36.8 Å². The summed E-state index contributed by atoms with van der Waals surface area (Å²) >= 11 is 0. The SMILES string of the molecule is CCCCNc1ccc(S(=O)(=O)N(CC)CC)cc1NCC(=O)Nc1ccccc1C(=O)OC. The first kappa shape index (κ1) is 27.1. The van der Waals surface area contributed by atoms with Gasteiger partial charge in [0.05, 0.1) is 41.2 Å². The second kappa shape index (κ2) is 13.0. The molecule has 9 nitrogen and oxygen atoms in total. The molecular formula is C24H34N4O5S. The van der Waals surface area contributed by atoms with E-state index in [9.17, 15) is 18.0 Å². The molecule has 1 amide bonds. The molecule has 186 valence electrons. The molecule has 0 aliphatic carbocycles. The predicted octanol–water partition coefficient (Wildman–Crippen LogP) is 3.77.